The number of nitrogens with zero attached hydrogens (tertiary/aromatic N) is 3. The summed E-state index contributed by atoms with van der Waals surface area (Å²) in [4.78, 5) is 10.4. The molecule has 2 aromatic carbocycles. The van der Waals surface area contributed by atoms with Crippen LogP contribution in [0, 0.1) is 0 Å². The minimum Gasteiger partial charge on any atom is -0.493 e. The zero-order valence-electron chi connectivity index (χ0n) is 18.0. The second-order valence-electron chi connectivity index (χ2n) is 6.87. The third kappa shape index (κ3) is 4.39. The number of rotatable bonds is 8. The van der Waals surface area contributed by atoms with E-state index in [0.29, 0.717) is 18.0 Å². The molecular formula is C23H25N5O2S. The molecule has 8 heteroatoms. The number of benzene rings is 2. The van der Waals surface area contributed by atoms with Crippen molar-refractivity contribution in [2.45, 2.75) is 11.4 Å². The Kier molecular flexibility index (Phi) is 6.18. The Balaban J connectivity index is 1.68. The molecule has 0 aliphatic heterocycles. The number of imidazole rings is 1. The number of hydrogen-bond donors (Lipinski definition) is 2. The van der Waals surface area contributed by atoms with Crippen LogP contribution in [0.2, 0.25) is 0 Å². The second kappa shape index (κ2) is 9.18. The number of nitrogens with one attached hydrogen (secondary N) is 2. The van der Waals surface area contributed by atoms with E-state index in [9.17, 15) is 0 Å². The predicted octanol–water partition coefficient (Wildman–Crippen LogP) is 5.00. The molecule has 0 aliphatic rings. The highest BCUT2D eigenvalue weighted by Gasteiger charge is 2.13. The summed E-state index contributed by atoms with van der Waals surface area (Å²) >= 11 is 1.72. The maximum absolute atomic E-state index is 5.46. The minimum atomic E-state index is 0.624. The lowest BCUT2D eigenvalue weighted by molar-refractivity contribution is 0.354. The molecule has 0 fully saturated rings. The Hall–Kier alpha value is -3.39. The van der Waals surface area contributed by atoms with Gasteiger partial charge in [0, 0.05) is 23.7 Å². The van der Waals surface area contributed by atoms with Crippen LogP contribution in [0.15, 0.2) is 59.6 Å². The Bertz CT molecular complexity index is 1190. The first-order valence-corrected chi connectivity index (χ1v) is 11.0. The topological polar surface area (TPSA) is 73.2 Å². The fourth-order valence-electron chi connectivity index (χ4n) is 3.43. The average molecular weight is 436 g/mol. The molecule has 31 heavy (non-hydrogen) atoms. The summed E-state index contributed by atoms with van der Waals surface area (Å²) in [5.41, 5.74) is 3.88. The molecule has 7 nitrogen and oxygen atoms in total. The van der Waals surface area contributed by atoms with Gasteiger partial charge in [-0.25, -0.2) is 9.97 Å². The van der Waals surface area contributed by atoms with E-state index >= 15 is 0 Å². The Morgan fingerprint density at radius 2 is 1.77 bits per heavy atom. The van der Waals surface area contributed by atoms with Crippen LogP contribution in [0.5, 0.6) is 11.5 Å². The van der Waals surface area contributed by atoms with E-state index in [0.717, 1.165) is 34.1 Å². The number of methoxy groups -OCH3 is 2. The van der Waals surface area contributed by atoms with Crippen molar-refractivity contribution in [3.63, 3.8) is 0 Å². The molecule has 0 bridgehead atoms. The van der Waals surface area contributed by atoms with Crippen molar-refractivity contribution in [1.29, 1.82) is 0 Å². The van der Waals surface area contributed by atoms with Crippen LogP contribution < -0.4 is 20.1 Å². The van der Waals surface area contributed by atoms with Gasteiger partial charge in [-0.15, -0.1) is 11.8 Å². The maximum Gasteiger partial charge on any atom is 0.203 e. The first-order chi connectivity index (χ1) is 15.1. The van der Waals surface area contributed by atoms with Crippen LogP contribution in [0.25, 0.3) is 11.0 Å². The molecule has 0 saturated heterocycles. The third-order valence-electron chi connectivity index (χ3n) is 5.01. The highest BCUT2D eigenvalue weighted by Crippen LogP contribution is 2.30. The van der Waals surface area contributed by atoms with Crippen molar-refractivity contribution >= 4 is 40.2 Å². The molecule has 2 heterocycles. The number of fused-ring (bicyclic) bond motifs is 1. The molecular weight excluding hydrogens is 410 g/mol. The number of anilines is 3. The van der Waals surface area contributed by atoms with E-state index in [1.165, 1.54) is 4.90 Å². The van der Waals surface area contributed by atoms with E-state index in [1.54, 1.807) is 32.2 Å². The van der Waals surface area contributed by atoms with Gasteiger partial charge in [0.05, 0.1) is 32.5 Å². The van der Waals surface area contributed by atoms with Crippen LogP contribution in [0.4, 0.5) is 17.5 Å². The van der Waals surface area contributed by atoms with Gasteiger partial charge in [-0.2, -0.15) is 0 Å². The quantitative estimate of drug-likeness (QED) is 0.377. The van der Waals surface area contributed by atoms with Crippen molar-refractivity contribution in [3.8, 4) is 11.5 Å². The van der Waals surface area contributed by atoms with Gasteiger partial charge < -0.3 is 24.7 Å². The lowest BCUT2D eigenvalue weighted by Gasteiger charge is -2.12. The van der Waals surface area contributed by atoms with E-state index in [-0.39, 0.29) is 0 Å². The highest BCUT2D eigenvalue weighted by molar-refractivity contribution is 7.98. The number of hydrogen-bond acceptors (Lipinski definition) is 7. The van der Waals surface area contributed by atoms with Crippen molar-refractivity contribution in [2.75, 3.05) is 38.2 Å². The minimum absolute atomic E-state index is 0.624. The van der Waals surface area contributed by atoms with Crippen LogP contribution in [-0.2, 0) is 6.54 Å². The molecule has 4 aromatic rings. The van der Waals surface area contributed by atoms with Crippen molar-refractivity contribution in [3.05, 3.63) is 60.3 Å². The number of aromatic nitrogens is 3. The van der Waals surface area contributed by atoms with Gasteiger partial charge in [0.25, 0.3) is 0 Å². The summed E-state index contributed by atoms with van der Waals surface area (Å²) in [6.07, 6.45) is 3.86. The van der Waals surface area contributed by atoms with Gasteiger partial charge in [0.1, 0.15) is 11.3 Å². The summed E-state index contributed by atoms with van der Waals surface area (Å²) < 4.78 is 12.9. The first-order valence-electron chi connectivity index (χ1n) is 9.81. The largest absolute Gasteiger partial charge is 0.493 e. The van der Waals surface area contributed by atoms with Crippen LogP contribution in [0.3, 0.4) is 0 Å². The first kappa shape index (κ1) is 20.9. The van der Waals surface area contributed by atoms with Crippen LogP contribution >= 0.6 is 11.8 Å². The lowest BCUT2D eigenvalue weighted by atomic mass is 10.2. The van der Waals surface area contributed by atoms with E-state index in [4.69, 9.17) is 9.47 Å². The van der Waals surface area contributed by atoms with Crippen molar-refractivity contribution in [2.24, 2.45) is 0 Å². The van der Waals surface area contributed by atoms with Gasteiger partial charge >= 0.3 is 0 Å². The molecule has 160 valence electrons. The van der Waals surface area contributed by atoms with Gasteiger partial charge in [-0.3, -0.25) is 0 Å². The number of ether oxygens (including phenoxy) is 2. The fraction of sp³-hybridized carbons (Fsp3) is 0.217. The number of thioether (sulfide) groups is 1. The Morgan fingerprint density at radius 1 is 1.00 bits per heavy atom. The second-order valence-corrected chi connectivity index (χ2v) is 7.75. The van der Waals surface area contributed by atoms with Gasteiger partial charge in [-0.05, 0) is 48.2 Å². The molecule has 0 atom stereocenters. The molecule has 0 radical (unpaired) electrons. The lowest BCUT2D eigenvalue weighted by Crippen LogP contribution is -2.05. The van der Waals surface area contributed by atoms with E-state index in [2.05, 4.69) is 55.7 Å². The molecule has 4 rings (SSSR count). The molecule has 0 aliphatic carbocycles. The zero-order valence-corrected chi connectivity index (χ0v) is 18.8. The van der Waals surface area contributed by atoms with Crippen molar-refractivity contribution in [1.82, 2.24) is 14.5 Å². The summed E-state index contributed by atoms with van der Waals surface area (Å²) in [5, 5.41) is 6.56. The smallest absolute Gasteiger partial charge is 0.203 e. The maximum atomic E-state index is 5.46. The molecule has 0 saturated carbocycles. The molecule has 0 spiro atoms. The summed E-state index contributed by atoms with van der Waals surface area (Å²) in [6, 6.07) is 16.2. The van der Waals surface area contributed by atoms with Crippen LogP contribution in [-0.4, -0.2) is 42.1 Å². The Morgan fingerprint density at radius 3 is 2.45 bits per heavy atom. The van der Waals surface area contributed by atoms with E-state index in [1.807, 2.05) is 31.3 Å². The normalized spacial score (nSPS) is 10.8. The zero-order chi connectivity index (χ0) is 21.8. The van der Waals surface area contributed by atoms with E-state index < -0.39 is 0 Å². The van der Waals surface area contributed by atoms with Gasteiger partial charge in [-0.1, -0.05) is 6.07 Å². The third-order valence-corrected chi connectivity index (χ3v) is 5.75. The summed E-state index contributed by atoms with van der Waals surface area (Å²) in [5.74, 6) is 2.94. The Labute approximate surface area is 185 Å². The highest BCUT2D eigenvalue weighted by atomic mass is 32.2. The van der Waals surface area contributed by atoms with Crippen molar-refractivity contribution < 1.29 is 9.47 Å². The SMILES string of the molecule is CNc1nc2cnc(Nc3ccc(SC)cc3)cc2n1Cc1ccc(OC)c(OC)c1. The molecule has 0 unspecified atom stereocenters. The predicted molar refractivity (Wildman–Crippen MR) is 127 cm³/mol. The standard InChI is InChI=1S/C23H25N5O2S/c1-24-23-27-18-13-25-22(26-16-6-8-17(31-4)9-7-16)12-19(18)28(23)14-15-5-10-20(29-2)21(11-15)30-3/h5-13H,14H2,1-4H3,(H,24,27)(H,25,26). The molecule has 2 aromatic heterocycles. The molecule has 0 amide bonds. The monoisotopic (exact) mass is 435 g/mol. The van der Waals surface area contributed by atoms with Crippen LogP contribution in [0.1, 0.15) is 5.56 Å². The number of pyridine rings is 1. The molecule has 2 N–H and O–H groups in total. The average Bonchev–Trinajstić information content (AvgIpc) is 3.16. The van der Waals surface area contributed by atoms with Gasteiger partial charge in [0.2, 0.25) is 5.95 Å². The van der Waals surface area contributed by atoms with Gasteiger partial charge in [0.15, 0.2) is 11.5 Å². The summed E-state index contributed by atoms with van der Waals surface area (Å²) in [6.45, 7) is 0.624. The fourth-order valence-corrected chi connectivity index (χ4v) is 3.84. The summed E-state index contributed by atoms with van der Waals surface area (Å²) in [7, 11) is 5.14.